The molecule has 10 heteroatoms. The molecular formula is C32H22O10. The first-order valence-corrected chi connectivity index (χ1v) is 12.5. The average molecular weight is 567 g/mol. The van der Waals surface area contributed by atoms with Crippen LogP contribution in [0.2, 0.25) is 0 Å². The number of rotatable bonds is 5. The van der Waals surface area contributed by atoms with E-state index in [4.69, 9.17) is 18.3 Å². The monoisotopic (exact) mass is 566 g/mol. The Hall–Kier alpha value is -5.90. The van der Waals surface area contributed by atoms with E-state index in [0.717, 1.165) is 6.07 Å². The number of benzene rings is 4. The topological polar surface area (TPSA) is 160 Å². The van der Waals surface area contributed by atoms with Gasteiger partial charge in [0.15, 0.2) is 5.43 Å². The maximum atomic E-state index is 14.0. The summed E-state index contributed by atoms with van der Waals surface area (Å²) >= 11 is 0. The summed E-state index contributed by atoms with van der Waals surface area (Å²) in [5, 5.41) is 41.7. The van der Waals surface area contributed by atoms with Crippen molar-refractivity contribution in [2.75, 3.05) is 14.2 Å². The van der Waals surface area contributed by atoms with Gasteiger partial charge < -0.3 is 38.7 Å². The Morgan fingerprint density at radius 3 is 2.00 bits per heavy atom. The first-order chi connectivity index (χ1) is 20.2. The predicted molar refractivity (Wildman–Crippen MR) is 155 cm³/mol. The molecule has 2 aromatic heterocycles. The molecule has 0 atom stereocenters. The summed E-state index contributed by atoms with van der Waals surface area (Å²) in [7, 11) is 2.91. The van der Waals surface area contributed by atoms with Crippen LogP contribution in [-0.4, -0.2) is 34.6 Å². The molecule has 0 spiro atoms. The lowest BCUT2D eigenvalue weighted by atomic mass is 9.95. The molecule has 210 valence electrons. The number of ether oxygens (including phenoxy) is 2. The Kier molecular flexibility index (Phi) is 6.23. The van der Waals surface area contributed by atoms with Crippen molar-refractivity contribution >= 4 is 21.9 Å². The summed E-state index contributed by atoms with van der Waals surface area (Å²) in [4.78, 5) is 26.9. The number of fused-ring (bicyclic) bond motifs is 2. The third kappa shape index (κ3) is 4.31. The van der Waals surface area contributed by atoms with E-state index >= 15 is 0 Å². The lowest BCUT2D eigenvalue weighted by Gasteiger charge is -2.14. The molecule has 0 fully saturated rings. The fourth-order valence-electron chi connectivity index (χ4n) is 4.87. The van der Waals surface area contributed by atoms with Crippen molar-refractivity contribution in [2.24, 2.45) is 0 Å². The molecule has 0 amide bonds. The molecule has 10 nitrogen and oxygen atoms in total. The van der Waals surface area contributed by atoms with Crippen molar-refractivity contribution < 1.29 is 38.7 Å². The summed E-state index contributed by atoms with van der Waals surface area (Å²) < 4.78 is 22.4. The van der Waals surface area contributed by atoms with Gasteiger partial charge in [0.2, 0.25) is 5.43 Å². The van der Waals surface area contributed by atoms with Crippen molar-refractivity contribution in [1.82, 2.24) is 0 Å². The first kappa shape index (κ1) is 26.3. The Labute approximate surface area is 236 Å². The Balaban J connectivity index is 1.64. The van der Waals surface area contributed by atoms with Gasteiger partial charge in [-0.15, -0.1) is 0 Å². The Morgan fingerprint density at radius 2 is 1.29 bits per heavy atom. The van der Waals surface area contributed by atoms with Gasteiger partial charge in [-0.25, -0.2) is 0 Å². The summed E-state index contributed by atoms with van der Waals surface area (Å²) in [5.41, 5.74) is -0.504. The second-order valence-electron chi connectivity index (χ2n) is 9.43. The zero-order chi connectivity index (χ0) is 29.7. The highest BCUT2D eigenvalue weighted by atomic mass is 16.5. The minimum atomic E-state index is -0.679. The maximum absolute atomic E-state index is 14.0. The van der Waals surface area contributed by atoms with Gasteiger partial charge in [0.25, 0.3) is 0 Å². The van der Waals surface area contributed by atoms with E-state index in [2.05, 4.69) is 0 Å². The summed E-state index contributed by atoms with van der Waals surface area (Å²) in [6.07, 6.45) is 0. The van der Waals surface area contributed by atoms with E-state index in [-0.39, 0.29) is 67.6 Å². The van der Waals surface area contributed by atoms with Crippen molar-refractivity contribution in [3.05, 3.63) is 93.2 Å². The number of hydrogen-bond acceptors (Lipinski definition) is 10. The van der Waals surface area contributed by atoms with Gasteiger partial charge in [0, 0.05) is 47.0 Å². The second kappa shape index (κ2) is 9.93. The fourth-order valence-corrected chi connectivity index (χ4v) is 4.87. The normalized spacial score (nSPS) is 11.2. The molecule has 0 bridgehead atoms. The molecule has 42 heavy (non-hydrogen) atoms. The van der Waals surface area contributed by atoms with Crippen LogP contribution in [0.5, 0.6) is 34.5 Å². The highest BCUT2D eigenvalue weighted by molar-refractivity contribution is 5.95. The number of hydrogen-bond donors (Lipinski definition) is 4. The lowest BCUT2D eigenvalue weighted by molar-refractivity contribution is 0.408. The standard InChI is InChI=1S/C32H22O10/c1-39-18-6-3-15(4-7-18)32-28(31(38)30-22(35)10-17(33)11-26(30)42-32)20-9-16(5-8-21(20)34)25-14-24(37)29-23(36)12-19(40-2)13-27(29)41-25/h3-14,33-36H,1-2H3. The lowest BCUT2D eigenvalue weighted by Crippen LogP contribution is -2.08. The van der Waals surface area contributed by atoms with Crippen molar-refractivity contribution in [1.29, 1.82) is 0 Å². The minimum absolute atomic E-state index is 0.0256. The van der Waals surface area contributed by atoms with Crippen molar-refractivity contribution in [3.63, 3.8) is 0 Å². The molecule has 0 unspecified atom stereocenters. The molecule has 0 radical (unpaired) electrons. The van der Waals surface area contributed by atoms with Crippen LogP contribution in [0.3, 0.4) is 0 Å². The predicted octanol–water partition coefficient (Wildman–Crippen LogP) is 5.74. The largest absolute Gasteiger partial charge is 0.508 e. The van der Waals surface area contributed by atoms with E-state index in [1.165, 1.54) is 56.7 Å². The number of phenols is 4. The van der Waals surface area contributed by atoms with Gasteiger partial charge in [0.1, 0.15) is 68.0 Å². The molecule has 4 aromatic carbocycles. The molecule has 6 aromatic rings. The second-order valence-corrected chi connectivity index (χ2v) is 9.43. The Morgan fingerprint density at radius 1 is 0.619 bits per heavy atom. The Bertz CT molecular complexity index is 2140. The minimum Gasteiger partial charge on any atom is -0.508 e. The highest BCUT2D eigenvalue weighted by Crippen LogP contribution is 2.41. The first-order valence-electron chi connectivity index (χ1n) is 12.5. The third-order valence-electron chi connectivity index (χ3n) is 6.88. The van der Waals surface area contributed by atoms with Gasteiger partial charge >= 0.3 is 0 Å². The molecule has 2 heterocycles. The zero-order valence-electron chi connectivity index (χ0n) is 22.2. The van der Waals surface area contributed by atoms with Gasteiger partial charge in [-0.2, -0.15) is 0 Å². The van der Waals surface area contributed by atoms with E-state index in [0.29, 0.717) is 16.9 Å². The van der Waals surface area contributed by atoms with Crippen LogP contribution in [-0.2, 0) is 0 Å². The molecular weight excluding hydrogens is 544 g/mol. The van der Waals surface area contributed by atoms with Crippen LogP contribution in [0.15, 0.2) is 91.2 Å². The third-order valence-corrected chi connectivity index (χ3v) is 6.88. The molecule has 0 saturated carbocycles. The SMILES string of the molecule is COc1ccc(-c2oc3cc(O)cc(O)c3c(=O)c2-c2cc(-c3cc(=O)c4c(O)cc(OC)cc4o3)ccc2O)cc1. The van der Waals surface area contributed by atoms with E-state index in [1.54, 1.807) is 24.3 Å². The molecule has 4 N–H and O–H groups in total. The highest BCUT2D eigenvalue weighted by Gasteiger charge is 2.24. The van der Waals surface area contributed by atoms with Crippen LogP contribution < -0.4 is 20.3 Å². The molecule has 0 aliphatic carbocycles. The summed E-state index contributed by atoms with van der Waals surface area (Å²) in [6, 6.07) is 17.1. The number of aromatic hydroxyl groups is 4. The number of methoxy groups -OCH3 is 2. The molecule has 0 aliphatic rings. The van der Waals surface area contributed by atoms with E-state index < -0.39 is 16.6 Å². The van der Waals surface area contributed by atoms with Crippen LogP contribution in [0, 0.1) is 0 Å². The quantitative estimate of drug-likeness (QED) is 0.203. The van der Waals surface area contributed by atoms with E-state index in [9.17, 15) is 30.0 Å². The van der Waals surface area contributed by atoms with Gasteiger partial charge in [-0.3, -0.25) is 9.59 Å². The van der Waals surface area contributed by atoms with Crippen molar-refractivity contribution in [3.8, 4) is 68.3 Å². The molecule has 0 saturated heterocycles. The zero-order valence-corrected chi connectivity index (χ0v) is 22.2. The van der Waals surface area contributed by atoms with Crippen LogP contribution in [0.4, 0.5) is 0 Å². The molecule has 6 rings (SSSR count). The average Bonchev–Trinajstić information content (AvgIpc) is 2.96. The maximum Gasteiger partial charge on any atom is 0.205 e. The molecule has 0 aliphatic heterocycles. The van der Waals surface area contributed by atoms with Gasteiger partial charge in [-0.05, 0) is 42.5 Å². The van der Waals surface area contributed by atoms with Gasteiger partial charge in [0.05, 0.1) is 19.8 Å². The van der Waals surface area contributed by atoms with Crippen LogP contribution >= 0.6 is 0 Å². The van der Waals surface area contributed by atoms with Crippen LogP contribution in [0.25, 0.3) is 55.7 Å². The summed E-state index contributed by atoms with van der Waals surface area (Å²) in [5.74, 6) is -0.456. The van der Waals surface area contributed by atoms with Crippen LogP contribution in [0.1, 0.15) is 0 Å². The number of phenolic OH excluding ortho intramolecular Hbond substituents is 4. The fraction of sp³-hybridized carbons (Fsp3) is 0.0625. The van der Waals surface area contributed by atoms with Crippen molar-refractivity contribution in [2.45, 2.75) is 0 Å². The van der Waals surface area contributed by atoms with Gasteiger partial charge in [-0.1, -0.05) is 0 Å². The smallest absolute Gasteiger partial charge is 0.205 e. The van der Waals surface area contributed by atoms with E-state index in [1.807, 2.05) is 0 Å². The summed E-state index contributed by atoms with van der Waals surface area (Å²) in [6.45, 7) is 0.